The Balaban J connectivity index is 2.19. The van der Waals surface area contributed by atoms with Gasteiger partial charge in [-0.15, -0.1) is 0 Å². The molecule has 2 rings (SSSR count). The smallest absolute Gasteiger partial charge is 0.175 e. The van der Waals surface area contributed by atoms with Crippen LogP contribution < -0.4 is 4.74 Å². The van der Waals surface area contributed by atoms with Crippen LogP contribution in [0.15, 0.2) is 47.4 Å². The number of aryl methyl sites for hydroxylation is 2. The zero-order valence-electron chi connectivity index (χ0n) is 12.4. The average molecular weight is 302 g/mol. The van der Waals surface area contributed by atoms with E-state index in [2.05, 4.69) is 0 Å². The quantitative estimate of drug-likeness (QED) is 0.796. The zero-order valence-corrected chi connectivity index (χ0v) is 13.2. The first-order chi connectivity index (χ1) is 10.0. The van der Waals surface area contributed by atoms with Crippen LogP contribution in [0.1, 0.15) is 21.5 Å². The van der Waals surface area contributed by atoms with Gasteiger partial charge >= 0.3 is 0 Å². The average Bonchev–Trinajstić information content (AvgIpc) is 2.49. The molecule has 0 saturated carbocycles. The van der Waals surface area contributed by atoms with E-state index >= 15 is 0 Å². The van der Waals surface area contributed by atoms with Gasteiger partial charge in [0.15, 0.2) is 5.78 Å². The van der Waals surface area contributed by atoms with Crippen LogP contribution >= 0.6 is 0 Å². The molecule has 0 aliphatic rings. The Morgan fingerprint density at radius 3 is 2.48 bits per heavy atom. The number of carbonyl (C=O) groups is 1. The van der Waals surface area contributed by atoms with Crippen LogP contribution in [0.3, 0.4) is 0 Å². The summed E-state index contributed by atoms with van der Waals surface area (Å²) in [6.07, 6.45) is 0. The van der Waals surface area contributed by atoms with Crippen LogP contribution in [0, 0.1) is 13.8 Å². The Morgan fingerprint density at radius 1 is 1.10 bits per heavy atom. The maximum Gasteiger partial charge on any atom is 0.175 e. The van der Waals surface area contributed by atoms with E-state index in [-0.39, 0.29) is 11.5 Å². The van der Waals surface area contributed by atoms with Gasteiger partial charge in [0, 0.05) is 5.56 Å². The standard InChI is InChI=1S/C17H18O3S/c1-12-8-9-14(10-13(12)2)15(18)11-21(19)17-7-5-4-6-16(17)20-3/h4-10H,11H2,1-3H3. The van der Waals surface area contributed by atoms with Crippen molar-refractivity contribution in [1.82, 2.24) is 0 Å². The summed E-state index contributed by atoms with van der Waals surface area (Å²) in [5.41, 5.74) is 2.79. The van der Waals surface area contributed by atoms with Crippen LogP contribution in [0.2, 0.25) is 0 Å². The van der Waals surface area contributed by atoms with Crippen molar-refractivity contribution in [2.24, 2.45) is 0 Å². The molecule has 0 bridgehead atoms. The zero-order chi connectivity index (χ0) is 15.4. The fraction of sp³-hybridized carbons (Fsp3) is 0.235. The van der Waals surface area contributed by atoms with Crippen molar-refractivity contribution in [2.75, 3.05) is 12.9 Å². The second-order valence-electron chi connectivity index (χ2n) is 4.86. The van der Waals surface area contributed by atoms with Crippen molar-refractivity contribution in [3.63, 3.8) is 0 Å². The van der Waals surface area contributed by atoms with E-state index in [4.69, 9.17) is 4.74 Å². The van der Waals surface area contributed by atoms with Crippen molar-refractivity contribution in [3.05, 3.63) is 59.2 Å². The molecular formula is C17H18O3S. The SMILES string of the molecule is COc1ccccc1S(=O)CC(=O)c1ccc(C)c(C)c1. The largest absolute Gasteiger partial charge is 0.495 e. The second-order valence-corrected chi connectivity index (χ2v) is 6.28. The van der Waals surface area contributed by atoms with E-state index in [0.717, 1.165) is 11.1 Å². The first-order valence-corrected chi connectivity index (χ1v) is 7.96. The van der Waals surface area contributed by atoms with Crippen LogP contribution in [-0.2, 0) is 10.8 Å². The number of carbonyl (C=O) groups excluding carboxylic acids is 1. The van der Waals surface area contributed by atoms with Crippen LogP contribution in [0.4, 0.5) is 0 Å². The molecule has 1 unspecified atom stereocenters. The monoisotopic (exact) mass is 302 g/mol. The number of hydrogen-bond acceptors (Lipinski definition) is 3. The van der Waals surface area contributed by atoms with Crippen molar-refractivity contribution >= 4 is 16.6 Å². The fourth-order valence-corrected chi connectivity index (χ4v) is 3.17. The van der Waals surface area contributed by atoms with Gasteiger partial charge in [-0.25, -0.2) is 0 Å². The predicted octanol–water partition coefficient (Wildman–Crippen LogP) is 3.30. The van der Waals surface area contributed by atoms with E-state index in [1.807, 2.05) is 32.0 Å². The molecule has 0 aliphatic carbocycles. The minimum Gasteiger partial charge on any atom is -0.495 e. The van der Waals surface area contributed by atoms with Gasteiger partial charge in [-0.1, -0.05) is 24.3 Å². The van der Waals surface area contributed by atoms with Gasteiger partial charge in [-0.3, -0.25) is 9.00 Å². The molecule has 1 atom stereocenters. The normalized spacial score (nSPS) is 12.0. The highest BCUT2D eigenvalue weighted by molar-refractivity contribution is 7.86. The minimum atomic E-state index is -1.41. The molecular weight excluding hydrogens is 284 g/mol. The molecule has 0 amide bonds. The number of rotatable bonds is 5. The Hall–Kier alpha value is -1.94. The third kappa shape index (κ3) is 3.58. The molecule has 21 heavy (non-hydrogen) atoms. The molecule has 0 radical (unpaired) electrons. The Kier molecular flexibility index (Phi) is 4.91. The summed E-state index contributed by atoms with van der Waals surface area (Å²) in [5.74, 6) is 0.383. The lowest BCUT2D eigenvalue weighted by atomic mass is 10.0. The molecule has 110 valence electrons. The van der Waals surface area contributed by atoms with Crippen molar-refractivity contribution in [3.8, 4) is 5.75 Å². The highest BCUT2D eigenvalue weighted by Gasteiger charge is 2.15. The molecule has 4 heteroatoms. The van der Waals surface area contributed by atoms with Crippen molar-refractivity contribution < 1.29 is 13.7 Å². The number of methoxy groups -OCH3 is 1. The second kappa shape index (κ2) is 6.68. The molecule has 2 aromatic carbocycles. The molecule has 0 heterocycles. The van der Waals surface area contributed by atoms with E-state index in [0.29, 0.717) is 16.2 Å². The van der Waals surface area contributed by atoms with Gasteiger partial charge < -0.3 is 4.74 Å². The third-order valence-electron chi connectivity index (χ3n) is 3.41. The summed E-state index contributed by atoms with van der Waals surface area (Å²) in [7, 11) is 0.117. The summed E-state index contributed by atoms with van der Waals surface area (Å²) in [6.45, 7) is 3.96. The lowest BCUT2D eigenvalue weighted by Gasteiger charge is -2.08. The molecule has 0 saturated heterocycles. The summed E-state index contributed by atoms with van der Waals surface area (Å²) in [5, 5.41) is 0. The van der Waals surface area contributed by atoms with E-state index in [1.165, 1.54) is 7.11 Å². The van der Waals surface area contributed by atoms with E-state index in [9.17, 15) is 9.00 Å². The first kappa shape index (κ1) is 15.4. The van der Waals surface area contributed by atoms with E-state index < -0.39 is 10.8 Å². The number of ether oxygens (including phenoxy) is 1. The molecule has 0 aromatic heterocycles. The summed E-state index contributed by atoms with van der Waals surface area (Å²) in [6, 6.07) is 12.6. The van der Waals surface area contributed by atoms with Crippen molar-refractivity contribution in [1.29, 1.82) is 0 Å². The predicted molar refractivity (Wildman–Crippen MR) is 84.5 cm³/mol. The summed E-state index contributed by atoms with van der Waals surface area (Å²) in [4.78, 5) is 12.8. The molecule has 0 fully saturated rings. The molecule has 0 spiro atoms. The maximum atomic E-state index is 12.4. The van der Waals surface area contributed by atoms with Gasteiger partial charge in [0.25, 0.3) is 0 Å². The lowest BCUT2D eigenvalue weighted by Crippen LogP contribution is -2.12. The fourth-order valence-electron chi connectivity index (χ4n) is 2.00. The molecule has 0 aliphatic heterocycles. The number of Topliss-reactive ketones (excluding diaryl/α,β-unsaturated/α-hetero) is 1. The van der Waals surface area contributed by atoms with Gasteiger partial charge in [0.2, 0.25) is 0 Å². The highest BCUT2D eigenvalue weighted by atomic mass is 32.2. The van der Waals surface area contributed by atoms with Crippen LogP contribution in [0.5, 0.6) is 5.75 Å². The van der Waals surface area contributed by atoms with Crippen LogP contribution in [0.25, 0.3) is 0 Å². The topological polar surface area (TPSA) is 43.4 Å². The number of hydrogen-bond donors (Lipinski definition) is 0. The lowest BCUT2D eigenvalue weighted by molar-refractivity contribution is 0.102. The van der Waals surface area contributed by atoms with E-state index in [1.54, 1.807) is 24.3 Å². The van der Waals surface area contributed by atoms with Gasteiger partial charge in [-0.05, 0) is 43.2 Å². The van der Waals surface area contributed by atoms with Gasteiger partial charge in [0.05, 0.1) is 28.6 Å². The Bertz CT molecular complexity index is 692. The number of ketones is 1. The minimum absolute atomic E-state index is 0.0388. The van der Waals surface area contributed by atoms with Crippen molar-refractivity contribution in [2.45, 2.75) is 18.7 Å². The molecule has 3 nitrogen and oxygen atoms in total. The molecule has 2 aromatic rings. The maximum absolute atomic E-state index is 12.4. The van der Waals surface area contributed by atoms with Crippen LogP contribution in [-0.4, -0.2) is 22.9 Å². The first-order valence-electron chi connectivity index (χ1n) is 6.64. The Labute approximate surface area is 127 Å². The number of para-hydroxylation sites is 1. The summed E-state index contributed by atoms with van der Waals surface area (Å²) < 4.78 is 17.6. The number of benzene rings is 2. The van der Waals surface area contributed by atoms with Gasteiger partial charge in [-0.2, -0.15) is 0 Å². The summed E-state index contributed by atoms with van der Waals surface area (Å²) >= 11 is 0. The highest BCUT2D eigenvalue weighted by Crippen LogP contribution is 2.22. The third-order valence-corrected chi connectivity index (χ3v) is 4.76. The Morgan fingerprint density at radius 2 is 1.81 bits per heavy atom. The molecule has 0 N–H and O–H groups in total. The van der Waals surface area contributed by atoms with Gasteiger partial charge in [0.1, 0.15) is 5.75 Å².